The Morgan fingerprint density at radius 2 is 1.76 bits per heavy atom. The summed E-state index contributed by atoms with van der Waals surface area (Å²) >= 11 is 3.47. The molecular weight excluding hydrogens is 274 g/mol. The average molecular weight is 290 g/mol. The summed E-state index contributed by atoms with van der Waals surface area (Å²) in [5, 5.41) is 0. The number of allylic oxidation sites excluding steroid dienone is 1. The van der Waals surface area contributed by atoms with Crippen LogP contribution in [-0.4, -0.2) is 5.71 Å². The van der Waals surface area contributed by atoms with Crippen molar-refractivity contribution in [3.05, 3.63) is 40.5 Å². The molecule has 2 heteroatoms. The summed E-state index contributed by atoms with van der Waals surface area (Å²) in [6, 6.07) is 8.54. The predicted molar refractivity (Wildman–Crippen MR) is 76.1 cm³/mol. The highest BCUT2D eigenvalue weighted by atomic mass is 79.9. The summed E-state index contributed by atoms with van der Waals surface area (Å²) < 4.78 is 1.14. The van der Waals surface area contributed by atoms with E-state index in [0.29, 0.717) is 0 Å². The van der Waals surface area contributed by atoms with Gasteiger partial charge in [0.25, 0.3) is 0 Å². The minimum absolute atomic E-state index is 0.763. The standard InChI is InChI=1S/C15H16BrN/c16-14-7-5-11(6-8-14)13-9-15(17-10-13)12-3-1-2-4-12/h5-8,10,12H,1-4,9H2. The molecule has 0 bridgehead atoms. The first-order valence-corrected chi connectivity index (χ1v) is 7.14. The van der Waals surface area contributed by atoms with Gasteiger partial charge in [0.2, 0.25) is 0 Å². The topological polar surface area (TPSA) is 12.4 Å². The van der Waals surface area contributed by atoms with E-state index in [9.17, 15) is 0 Å². The molecule has 1 fully saturated rings. The van der Waals surface area contributed by atoms with Gasteiger partial charge in [0, 0.05) is 22.8 Å². The van der Waals surface area contributed by atoms with E-state index in [1.54, 1.807) is 0 Å². The van der Waals surface area contributed by atoms with Gasteiger partial charge >= 0.3 is 0 Å². The van der Waals surface area contributed by atoms with Gasteiger partial charge in [-0.3, -0.25) is 4.99 Å². The van der Waals surface area contributed by atoms with Crippen LogP contribution in [0.4, 0.5) is 0 Å². The molecule has 1 aromatic carbocycles. The second-order valence-electron chi connectivity index (χ2n) is 4.94. The van der Waals surface area contributed by atoms with Crippen molar-refractivity contribution in [1.82, 2.24) is 0 Å². The van der Waals surface area contributed by atoms with Crippen molar-refractivity contribution in [2.45, 2.75) is 32.1 Å². The third kappa shape index (κ3) is 2.37. The molecule has 1 aliphatic carbocycles. The smallest absolute Gasteiger partial charge is 0.0309 e. The van der Waals surface area contributed by atoms with Crippen LogP contribution in [0.25, 0.3) is 5.57 Å². The minimum Gasteiger partial charge on any atom is -0.265 e. The van der Waals surface area contributed by atoms with Crippen LogP contribution in [0.15, 0.2) is 39.9 Å². The van der Waals surface area contributed by atoms with Gasteiger partial charge < -0.3 is 0 Å². The fourth-order valence-corrected chi connectivity index (χ4v) is 3.06. The largest absolute Gasteiger partial charge is 0.265 e. The van der Waals surface area contributed by atoms with Gasteiger partial charge in [-0.25, -0.2) is 0 Å². The van der Waals surface area contributed by atoms with Crippen LogP contribution < -0.4 is 0 Å². The molecular formula is C15H16BrN. The van der Waals surface area contributed by atoms with Gasteiger partial charge in [-0.1, -0.05) is 40.9 Å². The molecule has 3 rings (SSSR count). The van der Waals surface area contributed by atoms with Crippen molar-refractivity contribution >= 4 is 27.2 Å². The highest BCUT2D eigenvalue weighted by molar-refractivity contribution is 9.10. The number of rotatable bonds is 2. The third-order valence-electron chi connectivity index (χ3n) is 3.80. The first-order valence-electron chi connectivity index (χ1n) is 6.34. The molecule has 0 unspecified atom stereocenters. The molecule has 1 nitrogen and oxygen atoms in total. The van der Waals surface area contributed by atoms with Gasteiger partial charge in [0.15, 0.2) is 0 Å². The summed E-state index contributed by atoms with van der Waals surface area (Å²) in [7, 11) is 0. The van der Waals surface area contributed by atoms with Crippen LogP contribution in [0, 0.1) is 5.92 Å². The van der Waals surface area contributed by atoms with Crippen molar-refractivity contribution in [3.8, 4) is 0 Å². The van der Waals surface area contributed by atoms with E-state index in [0.717, 1.165) is 16.8 Å². The summed E-state index contributed by atoms with van der Waals surface area (Å²) in [5.41, 5.74) is 4.10. The van der Waals surface area contributed by atoms with Crippen LogP contribution in [0.3, 0.4) is 0 Å². The van der Waals surface area contributed by atoms with Crippen molar-refractivity contribution in [1.29, 1.82) is 0 Å². The second kappa shape index (κ2) is 4.77. The Kier molecular flexibility index (Phi) is 3.15. The van der Waals surface area contributed by atoms with Gasteiger partial charge in [-0.2, -0.15) is 0 Å². The summed E-state index contributed by atoms with van der Waals surface area (Å²) in [4.78, 5) is 4.64. The summed E-state index contributed by atoms with van der Waals surface area (Å²) in [6.45, 7) is 0. The van der Waals surface area contributed by atoms with E-state index in [1.807, 2.05) is 0 Å². The molecule has 1 saturated carbocycles. The maximum Gasteiger partial charge on any atom is 0.0309 e. The lowest BCUT2D eigenvalue weighted by molar-refractivity contribution is 0.722. The van der Waals surface area contributed by atoms with Crippen LogP contribution in [-0.2, 0) is 0 Å². The molecule has 0 spiro atoms. The normalized spacial score (nSPS) is 20.5. The van der Waals surface area contributed by atoms with Crippen LogP contribution in [0.1, 0.15) is 37.7 Å². The molecule has 0 saturated heterocycles. The fraction of sp³-hybridized carbons (Fsp3) is 0.400. The first-order chi connectivity index (χ1) is 8.33. The Morgan fingerprint density at radius 1 is 1.06 bits per heavy atom. The number of benzene rings is 1. The molecule has 1 heterocycles. The van der Waals surface area contributed by atoms with Crippen LogP contribution in [0.2, 0.25) is 0 Å². The molecule has 0 radical (unpaired) electrons. The lowest BCUT2D eigenvalue weighted by atomic mass is 9.95. The first kappa shape index (κ1) is 11.2. The Bertz CT molecular complexity index is 464. The van der Waals surface area contributed by atoms with Crippen molar-refractivity contribution in [2.75, 3.05) is 0 Å². The second-order valence-corrected chi connectivity index (χ2v) is 5.86. The number of hydrogen-bond donors (Lipinski definition) is 0. The Morgan fingerprint density at radius 3 is 2.47 bits per heavy atom. The van der Waals surface area contributed by atoms with E-state index in [4.69, 9.17) is 0 Å². The molecule has 1 aromatic rings. The number of nitrogens with zero attached hydrogens (tertiary/aromatic N) is 1. The zero-order chi connectivity index (χ0) is 11.7. The predicted octanol–water partition coefficient (Wildman–Crippen LogP) is 4.82. The molecule has 0 N–H and O–H groups in total. The zero-order valence-corrected chi connectivity index (χ0v) is 11.4. The monoisotopic (exact) mass is 289 g/mol. The average Bonchev–Trinajstić information content (AvgIpc) is 3.00. The van der Waals surface area contributed by atoms with Crippen LogP contribution >= 0.6 is 15.9 Å². The number of hydrogen-bond acceptors (Lipinski definition) is 1. The molecule has 0 amide bonds. The lowest BCUT2D eigenvalue weighted by Gasteiger charge is -2.09. The highest BCUT2D eigenvalue weighted by Crippen LogP contribution is 2.33. The maximum atomic E-state index is 4.64. The Labute approximate surface area is 111 Å². The maximum absolute atomic E-state index is 4.64. The van der Waals surface area contributed by atoms with E-state index in [-0.39, 0.29) is 0 Å². The third-order valence-corrected chi connectivity index (χ3v) is 4.33. The molecule has 17 heavy (non-hydrogen) atoms. The van der Waals surface area contributed by atoms with E-state index < -0.39 is 0 Å². The molecule has 0 atom stereocenters. The van der Waals surface area contributed by atoms with E-state index >= 15 is 0 Å². The Balaban J connectivity index is 1.71. The lowest BCUT2D eigenvalue weighted by Crippen LogP contribution is -2.08. The van der Waals surface area contributed by atoms with E-state index in [2.05, 4.69) is 51.4 Å². The molecule has 1 aliphatic heterocycles. The summed E-state index contributed by atoms with van der Waals surface area (Å²) in [6.07, 6.45) is 8.60. The Hall–Kier alpha value is -0.890. The zero-order valence-electron chi connectivity index (χ0n) is 9.82. The summed E-state index contributed by atoms with van der Waals surface area (Å²) in [5.74, 6) is 0.763. The SMILES string of the molecule is Brc1ccc(C2=CN=C(C3CCCC3)C2)cc1. The van der Waals surface area contributed by atoms with E-state index in [1.165, 1.54) is 42.5 Å². The van der Waals surface area contributed by atoms with Gasteiger partial charge in [-0.15, -0.1) is 0 Å². The van der Waals surface area contributed by atoms with Crippen molar-refractivity contribution < 1.29 is 0 Å². The minimum atomic E-state index is 0.763. The van der Waals surface area contributed by atoms with Crippen LogP contribution in [0.5, 0.6) is 0 Å². The van der Waals surface area contributed by atoms with Gasteiger partial charge in [0.05, 0.1) is 0 Å². The highest BCUT2D eigenvalue weighted by Gasteiger charge is 2.23. The van der Waals surface area contributed by atoms with Gasteiger partial charge in [0.1, 0.15) is 0 Å². The van der Waals surface area contributed by atoms with Crippen molar-refractivity contribution in [3.63, 3.8) is 0 Å². The molecule has 88 valence electrons. The van der Waals surface area contributed by atoms with Crippen molar-refractivity contribution in [2.24, 2.45) is 10.9 Å². The number of halogens is 1. The quantitative estimate of drug-likeness (QED) is 0.740. The fourth-order valence-electron chi connectivity index (χ4n) is 2.80. The molecule has 2 aliphatic rings. The molecule has 0 aromatic heterocycles. The van der Waals surface area contributed by atoms with Gasteiger partial charge in [-0.05, 0) is 42.0 Å². The number of aliphatic imine (C=N–C) groups is 1.